The quantitative estimate of drug-likeness (QED) is 0.752. The molecule has 0 amide bonds. The third kappa shape index (κ3) is 1.66. The van der Waals surface area contributed by atoms with Crippen LogP contribution in [0.25, 0.3) is 0 Å². The minimum atomic E-state index is 0.526. The highest BCUT2D eigenvalue weighted by atomic mass is 16.5. The van der Waals surface area contributed by atoms with Crippen LogP contribution in [0.5, 0.6) is 0 Å². The molecule has 16 heavy (non-hydrogen) atoms. The number of fused-ring (bicyclic) bond motifs is 1. The summed E-state index contributed by atoms with van der Waals surface area (Å²) in [5, 5.41) is 0. The lowest BCUT2D eigenvalue weighted by Gasteiger charge is -2.39. The Bertz CT molecular complexity index is 382. The Morgan fingerprint density at radius 1 is 1.38 bits per heavy atom. The summed E-state index contributed by atoms with van der Waals surface area (Å²) in [7, 11) is 0. The fraction of sp³-hybridized carbons (Fsp3) is 0.750. The van der Waals surface area contributed by atoms with Crippen LogP contribution in [-0.4, -0.2) is 40.3 Å². The molecule has 0 radical (unpaired) electrons. The average molecular weight is 221 g/mol. The van der Waals surface area contributed by atoms with Crippen LogP contribution in [0, 0.1) is 0 Å². The average Bonchev–Trinajstić information content (AvgIpc) is 2.57. The first-order valence-electron chi connectivity index (χ1n) is 6.12. The highest BCUT2D eigenvalue weighted by Crippen LogP contribution is 2.21. The SMILES string of the molecule is CC(C)c1cn2c(n1)CN(C1COC1)CC2. The molecule has 2 aliphatic rings. The second kappa shape index (κ2) is 3.86. The predicted molar refractivity (Wildman–Crippen MR) is 61.3 cm³/mol. The molecule has 4 heteroatoms. The van der Waals surface area contributed by atoms with Gasteiger partial charge in [0, 0.05) is 19.3 Å². The highest BCUT2D eigenvalue weighted by molar-refractivity contribution is 5.10. The van der Waals surface area contributed by atoms with E-state index in [1.54, 1.807) is 0 Å². The molecule has 2 aliphatic heterocycles. The summed E-state index contributed by atoms with van der Waals surface area (Å²) in [5.74, 6) is 1.75. The Balaban J connectivity index is 1.77. The summed E-state index contributed by atoms with van der Waals surface area (Å²) < 4.78 is 7.56. The summed E-state index contributed by atoms with van der Waals surface area (Å²) in [6.07, 6.45) is 2.22. The van der Waals surface area contributed by atoms with Crippen molar-refractivity contribution in [3.63, 3.8) is 0 Å². The smallest absolute Gasteiger partial charge is 0.123 e. The maximum atomic E-state index is 5.25. The molecule has 3 rings (SSSR count). The lowest BCUT2D eigenvalue weighted by atomic mass is 10.2. The van der Waals surface area contributed by atoms with E-state index in [1.165, 1.54) is 11.5 Å². The van der Waals surface area contributed by atoms with Crippen LogP contribution in [0.2, 0.25) is 0 Å². The van der Waals surface area contributed by atoms with Crippen molar-refractivity contribution >= 4 is 0 Å². The van der Waals surface area contributed by atoms with Crippen molar-refractivity contribution in [2.24, 2.45) is 0 Å². The van der Waals surface area contributed by atoms with E-state index >= 15 is 0 Å². The summed E-state index contributed by atoms with van der Waals surface area (Å²) in [6.45, 7) is 9.40. The molecule has 0 bridgehead atoms. The zero-order valence-corrected chi connectivity index (χ0v) is 10.0. The number of hydrogen-bond donors (Lipinski definition) is 0. The van der Waals surface area contributed by atoms with E-state index in [-0.39, 0.29) is 0 Å². The van der Waals surface area contributed by atoms with Gasteiger partial charge in [0.05, 0.1) is 31.5 Å². The number of nitrogens with zero attached hydrogens (tertiary/aromatic N) is 3. The van der Waals surface area contributed by atoms with Gasteiger partial charge in [0.25, 0.3) is 0 Å². The second-order valence-corrected chi connectivity index (χ2v) is 5.09. The number of hydrogen-bond acceptors (Lipinski definition) is 3. The zero-order valence-electron chi connectivity index (χ0n) is 10.0. The van der Waals surface area contributed by atoms with Crippen LogP contribution in [0.1, 0.15) is 31.3 Å². The fourth-order valence-electron chi connectivity index (χ4n) is 2.32. The third-order valence-electron chi connectivity index (χ3n) is 3.58. The van der Waals surface area contributed by atoms with Crippen molar-refractivity contribution in [1.29, 1.82) is 0 Å². The topological polar surface area (TPSA) is 30.3 Å². The second-order valence-electron chi connectivity index (χ2n) is 5.09. The van der Waals surface area contributed by atoms with E-state index in [0.717, 1.165) is 32.8 Å². The van der Waals surface area contributed by atoms with Crippen LogP contribution in [0.4, 0.5) is 0 Å². The summed E-state index contributed by atoms with van der Waals surface area (Å²) >= 11 is 0. The molecule has 0 atom stereocenters. The van der Waals surface area contributed by atoms with Crippen molar-refractivity contribution < 1.29 is 4.74 Å². The monoisotopic (exact) mass is 221 g/mol. The molecule has 1 saturated heterocycles. The minimum absolute atomic E-state index is 0.526. The standard InChI is InChI=1S/C12H19N3O/c1-9(2)11-5-15-4-3-14(6-12(15)13-11)10-7-16-8-10/h5,9-10H,3-4,6-8H2,1-2H3. The highest BCUT2D eigenvalue weighted by Gasteiger charge is 2.29. The molecule has 1 fully saturated rings. The van der Waals surface area contributed by atoms with Crippen molar-refractivity contribution in [1.82, 2.24) is 14.5 Å². The molecule has 3 heterocycles. The predicted octanol–water partition coefficient (Wildman–Crippen LogP) is 1.22. The van der Waals surface area contributed by atoms with Crippen LogP contribution in [0.3, 0.4) is 0 Å². The molecule has 1 aromatic rings. The Labute approximate surface area is 96.2 Å². The van der Waals surface area contributed by atoms with Gasteiger partial charge in [0.2, 0.25) is 0 Å². The first kappa shape index (κ1) is 10.3. The van der Waals surface area contributed by atoms with Gasteiger partial charge in [-0.2, -0.15) is 0 Å². The van der Waals surface area contributed by atoms with Gasteiger partial charge >= 0.3 is 0 Å². The van der Waals surface area contributed by atoms with Crippen LogP contribution < -0.4 is 0 Å². The maximum Gasteiger partial charge on any atom is 0.123 e. The molecule has 0 unspecified atom stereocenters. The molecule has 4 nitrogen and oxygen atoms in total. The van der Waals surface area contributed by atoms with E-state index in [9.17, 15) is 0 Å². The number of rotatable bonds is 2. The maximum absolute atomic E-state index is 5.25. The summed E-state index contributed by atoms with van der Waals surface area (Å²) in [4.78, 5) is 7.22. The van der Waals surface area contributed by atoms with Gasteiger partial charge in [-0.3, -0.25) is 4.90 Å². The Morgan fingerprint density at radius 2 is 2.19 bits per heavy atom. The van der Waals surface area contributed by atoms with Crippen molar-refractivity contribution in [2.45, 2.75) is 38.9 Å². The van der Waals surface area contributed by atoms with Crippen LogP contribution in [-0.2, 0) is 17.8 Å². The van der Waals surface area contributed by atoms with Gasteiger partial charge in [-0.15, -0.1) is 0 Å². The molecule has 1 aromatic heterocycles. The van der Waals surface area contributed by atoms with Gasteiger partial charge in [-0.1, -0.05) is 13.8 Å². The van der Waals surface area contributed by atoms with Crippen LogP contribution >= 0.6 is 0 Å². The van der Waals surface area contributed by atoms with Gasteiger partial charge < -0.3 is 9.30 Å². The van der Waals surface area contributed by atoms with Gasteiger partial charge in [0.1, 0.15) is 5.82 Å². The van der Waals surface area contributed by atoms with E-state index in [1.807, 2.05) is 0 Å². The van der Waals surface area contributed by atoms with E-state index in [2.05, 4.69) is 29.5 Å². The first-order chi connectivity index (χ1) is 7.74. The summed E-state index contributed by atoms with van der Waals surface area (Å²) in [5.41, 5.74) is 1.22. The van der Waals surface area contributed by atoms with Gasteiger partial charge in [-0.05, 0) is 5.92 Å². The zero-order chi connectivity index (χ0) is 11.1. The van der Waals surface area contributed by atoms with E-state index in [4.69, 9.17) is 9.72 Å². The largest absolute Gasteiger partial charge is 0.378 e. The van der Waals surface area contributed by atoms with E-state index < -0.39 is 0 Å². The molecule has 0 N–H and O–H groups in total. The van der Waals surface area contributed by atoms with Crippen LogP contribution in [0.15, 0.2) is 6.20 Å². The van der Waals surface area contributed by atoms with Gasteiger partial charge in [-0.25, -0.2) is 4.98 Å². The van der Waals surface area contributed by atoms with Crippen molar-refractivity contribution in [3.05, 3.63) is 17.7 Å². The molecule has 0 saturated carbocycles. The molecule has 0 aromatic carbocycles. The lowest BCUT2D eigenvalue weighted by molar-refractivity contribution is -0.0734. The molecule has 0 spiro atoms. The molecular weight excluding hydrogens is 202 g/mol. The molecule has 88 valence electrons. The lowest BCUT2D eigenvalue weighted by Crippen LogP contribution is -2.51. The van der Waals surface area contributed by atoms with Crippen molar-refractivity contribution in [2.75, 3.05) is 19.8 Å². The fourth-order valence-corrected chi connectivity index (χ4v) is 2.32. The number of aromatic nitrogens is 2. The Hall–Kier alpha value is -0.870. The molecular formula is C12H19N3O. The normalized spacial score (nSPS) is 22.2. The minimum Gasteiger partial charge on any atom is -0.378 e. The number of ether oxygens (including phenoxy) is 1. The Morgan fingerprint density at radius 3 is 2.81 bits per heavy atom. The summed E-state index contributed by atoms with van der Waals surface area (Å²) in [6, 6.07) is 0.632. The van der Waals surface area contributed by atoms with Gasteiger partial charge in [0.15, 0.2) is 0 Å². The van der Waals surface area contributed by atoms with E-state index in [0.29, 0.717) is 12.0 Å². The number of imidazole rings is 1. The van der Waals surface area contributed by atoms with Crippen molar-refractivity contribution in [3.8, 4) is 0 Å². The molecule has 0 aliphatic carbocycles. The Kier molecular flexibility index (Phi) is 2.48. The first-order valence-corrected chi connectivity index (χ1v) is 6.12. The third-order valence-corrected chi connectivity index (χ3v) is 3.58.